The summed E-state index contributed by atoms with van der Waals surface area (Å²) in [6.07, 6.45) is 0. The lowest BCUT2D eigenvalue weighted by Crippen LogP contribution is -2.22. The van der Waals surface area contributed by atoms with Gasteiger partial charge in [0.25, 0.3) is 0 Å². The van der Waals surface area contributed by atoms with Crippen molar-refractivity contribution in [2.45, 2.75) is 20.0 Å². The SMILES string of the molecule is CCN(Cc1ccccc1)Cc1ccc(C(=N)N)cc1Cl. The van der Waals surface area contributed by atoms with Gasteiger partial charge in [0.15, 0.2) is 0 Å². The monoisotopic (exact) mass is 301 g/mol. The van der Waals surface area contributed by atoms with Crippen molar-refractivity contribution in [3.63, 3.8) is 0 Å². The van der Waals surface area contributed by atoms with Crippen LogP contribution in [0.5, 0.6) is 0 Å². The van der Waals surface area contributed by atoms with Gasteiger partial charge in [-0.25, -0.2) is 0 Å². The molecule has 21 heavy (non-hydrogen) atoms. The highest BCUT2D eigenvalue weighted by atomic mass is 35.5. The van der Waals surface area contributed by atoms with E-state index in [2.05, 4.69) is 36.1 Å². The zero-order valence-corrected chi connectivity index (χ0v) is 12.9. The van der Waals surface area contributed by atoms with Crippen LogP contribution >= 0.6 is 11.6 Å². The number of nitrogen functional groups attached to an aromatic ring is 1. The molecule has 110 valence electrons. The summed E-state index contributed by atoms with van der Waals surface area (Å²) in [6, 6.07) is 15.9. The second kappa shape index (κ2) is 7.25. The van der Waals surface area contributed by atoms with Crippen LogP contribution in [0.15, 0.2) is 48.5 Å². The Balaban J connectivity index is 2.10. The van der Waals surface area contributed by atoms with E-state index in [1.54, 1.807) is 6.07 Å². The average Bonchev–Trinajstić information content (AvgIpc) is 2.49. The van der Waals surface area contributed by atoms with Crippen LogP contribution in [-0.4, -0.2) is 17.3 Å². The van der Waals surface area contributed by atoms with Gasteiger partial charge >= 0.3 is 0 Å². The third-order valence-corrected chi connectivity index (χ3v) is 3.81. The van der Waals surface area contributed by atoms with Crippen molar-refractivity contribution in [2.24, 2.45) is 5.73 Å². The quantitative estimate of drug-likeness (QED) is 0.632. The summed E-state index contributed by atoms with van der Waals surface area (Å²) in [5.41, 5.74) is 8.48. The first kappa shape index (κ1) is 15.5. The topological polar surface area (TPSA) is 53.1 Å². The number of hydrogen-bond donors (Lipinski definition) is 2. The molecule has 2 rings (SSSR count). The summed E-state index contributed by atoms with van der Waals surface area (Å²) >= 11 is 6.30. The third-order valence-electron chi connectivity index (χ3n) is 3.45. The van der Waals surface area contributed by atoms with Gasteiger partial charge in [0.05, 0.1) is 0 Å². The molecule has 3 N–H and O–H groups in total. The molecular weight excluding hydrogens is 282 g/mol. The fourth-order valence-corrected chi connectivity index (χ4v) is 2.45. The number of rotatable bonds is 6. The van der Waals surface area contributed by atoms with Crippen molar-refractivity contribution < 1.29 is 0 Å². The summed E-state index contributed by atoms with van der Waals surface area (Å²) in [5.74, 6) is 0.0417. The maximum absolute atomic E-state index is 7.44. The molecule has 0 aliphatic heterocycles. The first-order valence-corrected chi connectivity index (χ1v) is 7.37. The van der Waals surface area contributed by atoms with E-state index in [1.165, 1.54) is 5.56 Å². The molecule has 0 radical (unpaired) electrons. The Hall–Kier alpha value is -1.84. The molecule has 0 amide bonds. The Morgan fingerprint density at radius 1 is 1.14 bits per heavy atom. The van der Waals surface area contributed by atoms with Crippen LogP contribution in [0.4, 0.5) is 0 Å². The van der Waals surface area contributed by atoms with Gasteiger partial charge in [-0.15, -0.1) is 0 Å². The highest BCUT2D eigenvalue weighted by Gasteiger charge is 2.09. The molecule has 0 saturated carbocycles. The highest BCUT2D eigenvalue weighted by Crippen LogP contribution is 2.20. The van der Waals surface area contributed by atoms with Crippen molar-refractivity contribution >= 4 is 17.4 Å². The number of amidine groups is 1. The van der Waals surface area contributed by atoms with Gasteiger partial charge < -0.3 is 5.73 Å². The normalized spacial score (nSPS) is 10.8. The summed E-state index contributed by atoms with van der Waals surface area (Å²) in [6.45, 7) is 4.75. The predicted octanol–water partition coefficient (Wildman–Crippen LogP) is 3.65. The van der Waals surface area contributed by atoms with Gasteiger partial charge in [-0.2, -0.15) is 0 Å². The standard InChI is InChI=1S/C17H20ClN3/c1-2-21(11-13-6-4-3-5-7-13)12-15-9-8-14(17(19)20)10-16(15)18/h3-10H,2,11-12H2,1H3,(H3,19,20). The molecule has 0 atom stereocenters. The van der Waals surface area contributed by atoms with Gasteiger partial charge in [0, 0.05) is 23.7 Å². The van der Waals surface area contributed by atoms with E-state index in [0.29, 0.717) is 10.6 Å². The molecule has 0 fully saturated rings. The number of nitrogens with zero attached hydrogens (tertiary/aromatic N) is 1. The van der Waals surface area contributed by atoms with Crippen molar-refractivity contribution in [3.8, 4) is 0 Å². The number of halogens is 1. The molecule has 3 nitrogen and oxygen atoms in total. The van der Waals surface area contributed by atoms with E-state index in [4.69, 9.17) is 22.7 Å². The Morgan fingerprint density at radius 3 is 2.43 bits per heavy atom. The molecule has 0 spiro atoms. The van der Waals surface area contributed by atoms with E-state index < -0.39 is 0 Å². The van der Waals surface area contributed by atoms with Crippen molar-refractivity contribution in [1.82, 2.24) is 4.90 Å². The number of hydrogen-bond acceptors (Lipinski definition) is 2. The Morgan fingerprint density at radius 2 is 1.86 bits per heavy atom. The minimum absolute atomic E-state index is 0.0417. The zero-order valence-electron chi connectivity index (χ0n) is 12.1. The van der Waals surface area contributed by atoms with E-state index >= 15 is 0 Å². The first-order chi connectivity index (χ1) is 10.1. The van der Waals surface area contributed by atoms with Crippen molar-refractivity contribution in [1.29, 1.82) is 5.41 Å². The maximum Gasteiger partial charge on any atom is 0.122 e. The van der Waals surface area contributed by atoms with Crippen molar-refractivity contribution in [3.05, 3.63) is 70.2 Å². The lowest BCUT2D eigenvalue weighted by Gasteiger charge is -2.21. The molecular formula is C17H20ClN3. The highest BCUT2D eigenvalue weighted by molar-refractivity contribution is 6.31. The van der Waals surface area contributed by atoms with Gasteiger partial charge in [0.2, 0.25) is 0 Å². The minimum atomic E-state index is 0.0417. The van der Waals surface area contributed by atoms with Gasteiger partial charge in [-0.1, -0.05) is 61.0 Å². The summed E-state index contributed by atoms with van der Waals surface area (Å²) in [7, 11) is 0. The van der Waals surface area contributed by atoms with E-state index in [9.17, 15) is 0 Å². The third kappa shape index (κ3) is 4.31. The number of nitrogens with two attached hydrogens (primary N) is 1. The molecule has 0 aliphatic rings. The summed E-state index contributed by atoms with van der Waals surface area (Å²) in [5, 5.41) is 8.10. The predicted molar refractivity (Wildman–Crippen MR) is 88.7 cm³/mol. The van der Waals surface area contributed by atoms with Gasteiger partial charge in [0.1, 0.15) is 5.84 Å². The Bertz CT molecular complexity index is 611. The minimum Gasteiger partial charge on any atom is -0.384 e. The fourth-order valence-electron chi connectivity index (χ4n) is 2.21. The molecule has 0 aliphatic carbocycles. The second-order valence-electron chi connectivity index (χ2n) is 5.01. The molecule has 2 aromatic rings. The van der Waals surface area contributed by atoms with Gasteiger partial charge in [-0.05, 0) is 23.7 Å². The molecule has 0 bridgehead atoms. The lowest BCUT2D eigenvalue weighted by atomic mass is 10.1. The second-order valence-corrected chi connectivity index (χ2v) is 5.42. The summed E-state index contributed by atoms with van der Waals surface area (Å²) < 4.78 is 0. The van der Waals surface area contributed by atoms with Crippen LogP contribution in [0, 0.1) is 5.41 Å². The van der Waals surface area contributed by atoms with Crippen LogP contribution in [0.1, 0.15) is 23.6 Å². The zero-order chi connectivity index (χ0) is 15.2. The first-order valence-electron chi connectivity index (χ1n) is 6.99. The van der Waals surface area contributed by atoms with Crippen LogP contribution in [0.2, 0.25) is 5.02 Å². The number of benzene rings is 2. The molecule has 4 heteroatoms. The van der Waals surface area contributed by atoms with Crippen LogP contribution in [-0.2, 0) is 13.1 Å². The molecule has 0 saturated heterocycles. The fraction of sp³-hybridized carbons (Fsp3) is 0.235. The van der Waals surface area contributed by atoms with Gasteiger partial charge in [-0.3, -0.25) is 10.3 Å². The average molecular weight is 302 g/mol. The largest absolute Gasteiger partial charge is 0.384 e. The lowest BCUT2D eigenvalue weighted by molar-refractivity contribution is 0.271. The van der Waals surface area contributed by atoms with Crippen LogP contribution in [0.3, 0.4) is 0 Å². The van der Waals surface area contributed by atoms with Crippen LogP contribution in [0.25, 0.3) is 0 Å². The maximum atomic E-state index is 7.44. The van der Waals surface area contributed by atoms with E-state index in [-0.39, 0.29) is 5.84 Å². The summed E-state index contributed by atoms with van der Waals surface area (Å²) in [4.78, 5) is 2.32. The molecule has 0 aromatic heterocycles. The molecule has 2 aromatic carbocycles. The Labute approximate surface area is 130 Å². The van der Waals surface area contributed by atoms with E-state index in [0.717, 1.165) is 25.2 Å². The number of nitrogens with one attached hydrogen (secondary N) is 1. The Kier molecular flexibility index (Phi) is 5.37. The van der Waals surface area contributed by atoms with Crippen LogP contribution < -0.4 is 5.73 Å². The molecule has 0 heterocycles. The molecule has 0 unspecified atom stereocenters. The smallest absolute Gasteiger partial charge is 0.122 e. The van der Waals surface area contributed by atoms with Crippen molar-refractivity contribution in [2.75, 3.05) is 6.54 Å². The van der Waals surface area contributed by atoms with E-state index in [1.807, 2.05) is 18.2 Å².